The SMILES string of the molecule is CCCCc1c(OC)cc(C(=O)O)nc1N1CCCCC1.Cl. The molecule has 2 heterocycles. The molecule has 1 N–H and O–H groups in total. The lowest BCUT2D eigenvalue weighted by atomic mass is 10.0. The lowest BCUT2D eigenvalue weighted by molar-refractivity contribution is 0.0690. The van der Waals surface area contributed by atoms with Crippen LogP contribution in [0.5, 0.6) is 5.75 Å². The monoisotopic (exact) mass is 328 g/mol. The molecule has 1 aliphatic heterocycles. The van der Waals surface area contributed by atoms with Gasteiger partial charge in [0.2, 0.25) is 0 Å². The summed E-state index contributed by atoms with van der Waals surface area (Å²) in [4.78, 5) is 17.9. The highest BCUT2D eigenvalue weighted by atomic mass is 35.5. The van der Waals surface area contributed by atoms with Crippen molar-refractivity contribution in [3.8, 4) is 5.75 Å². The number of aromatic carboxylic acids is 1. The van der Waals surface area contributed by atoms with E-state index in [1.807, 2.05) is 0 Å². The molecule has 0 aliphatic carbocycles. The van der Waals surface area contributed by atoms with Gasteiger partial charge in [0.15, 0.2) is 5.69 Å². The molecule has 5 nitrogen and oxygen atoms in total. The molecule has 1 aromatic rings. The quantitative estimate of drug-likeness (QED) is 0.865. The summed E-state index contributed by atoms with van der Waals surface area (Å²) in [6.07, 6.45) is 6.51. The molecule has 6 heteroatoms. The number of pyridine rings is 1. The Morgan fingerprint density at radius 2 is 2.05 bits per heavy atom. The fourth-order valence-corrected chi connectivity index (χ4v) is 2.78. The molecule has 0 saturated carbocycles. The molecule has 2 rings (SSSR count). The number of anilines is 1. The minimum Gasteiger partial charge on any atom is -0.496 e. The van der Waals surface area contributed by atoms with Crippen molar-refractivity contribution in [2.45, 2.75) is 45.4 Å². The Bertz CT molecular complexity index is 502. The molecule has 1 saturated heterocycles. The van der Waals surface area contributed by atoms with Crippen LogP contribution in [0, 0.1) is 0 Å². The molecule has 1 fully saturated rings. The van der Waals surface area contributed by atoms with E-state index >= 15 is 0 Å². The third kappa shape index (κ3) is 4.26. The third-order valence-electron chi connectivity index (χ3n) is 3.94. The Balaban J connectivity index is 0.00000242. The van der Waals surface area contributed by atoms with Gasteiger partial charge < -0.3 is 14.7 Å². The number of unbranched alkanes of at least 4 members (excludes halogenated alkanes) is 1. The summed E-state index contributed by atoms with van der Waals surface area (Å²) < 4.78 is 5.43. The minimum absolute atomic E-state index is 0. The Hall–Kier alpha value is -1.49. The number of hydrogen-bond acceptors (Lipinski definition) is 4. The van der Waals surface area contributed by atoms with E-state index in [2.05, 4.69) is 16.8 Å². The zero-order chi connectivity index (χ0) is 15.2. The van der Waals surface area contributed by atoms with Gasteiger partial charge in [0.1, 0.15) is 11.6 Å². The summed E-state index contributed by atoms with van der Waals surface area (Å²) in [5, 5.41) is 9.26. The van der Waals surface area contributed by atoms with Crippen molar-refractivity contribution >= 4 is 24.2 Å². The standard InChI is InChI=1S/C16H24N2O3.ClH/c1-3-4-8-12-14(21-2)11-13(16(19)20)17-15(12)18-9-6-5-7-10-18;/h11H,3-10H2,1-2H3,(H,19,20);1H. The summed E-state index contributed by atoms with van der Waals surface area (Å²) in [5.74, 6) is 0.449. The maximum atomic E-state index is 11.3. The smallest absolute Gasteiger partial charge is 0.354 e. The van der Waals surface area contributed by atoms with E-state index in [0.717, 1.165) is 56.6 Å². The van der Waals surface area contributed by atoms with Crippen LogP contribution in [0.25, 0.3) is 0 Å². The average Bonchev–Trinajstić information content (AvgIpc) is 2.52. The van der Waals surface area contributed by atoms with Gasteiger partial charge in [0.25, 0.3) is 0 Å². The van der Waals surface area contributed by atoms with Crippen LogP contribution in [0.3, 0.4) is 0 Å². The highest BCUT2D eigenvalue weighted by Gasteiger charge is 2.22. The third-order valence-corrected chi connectivity index (χ3v) is 3.94. The first-order chi connectivity index (χ1) is 10.2. The average molecular weight is 329 g/mol. The summed E-state index contributed by atoms with van der Waals surface area (Å²) in [5.41, 5.74) is 1.11. The minimum atomic E-state index is -1.01. The molecule has 0 amide bonds. The Labute approximate surface area is 138 Å². The molecule has 0 spiro atoms. The van der Waals surface area contributed by atoms with Gasteiger partial charge in [-0.15, -0.1) is 12.4 Å². The zero-order valence-corrected chi connectivity index (χ0v) is 14.1. The second-order valence-electron chi connectivity index (χ2n) is 5.47. The number of carboxylic acids is 1. The van der Waals surface area contributed by atoms with Crippen molar-refractivity contribution in [1.29, 1.82) is 0 Å². The van der Waals surface area contributed by atoms with Crippen molar-refractivity contribution in [2.75, 3.05) is 25.1 Å². The lowest BCUT2D eigenvalue weighted by Crippen LogP contribution is -2.31. The first-order valence-corrected chi connectivity index (χ1v) is 7.73. The Kier molecular flexibility index (Phi) is 7.45. The van der Waals surface area contributed by atoms with Gasteiger partial charge >= 0.3 is 5.97 Å². The topological polar surface area (TPSA) is 62.7 Å². The predicted octanol–water partition coefficient (Wildman–Crippen LogP) is 3.54. The van der Waals surface area contributed by atoms with E-state index in [4.69, 9.17) is 4.74 Å². The van der Waals surface area contributed by atoms with Gasteiger partial charge in [0.05, 0.1) is 7.11 Å². The number of aromatic nitrogens is 1. The number of carbonyl (C=O) groups is 1. The number of piperidine rings is 1. The van der Waals surface area contributed by atoms with Crippen molar-refractivity contribution in [1.82, 2.24) is 4.98 Å². The summed E-state index contributed by atoms with van der Waals surface area (Å²) in [6.45, 7) is 4.03. The maximum Gasteiger partial charge on any atom is 0.354 e. The number of methoxy groups -OCH3 is 1. The second-order valence-corrected chi connectivity index (χ2v) is 5.47. The molecule has 0 radical (unpaired) electrons. The molecular weight excluding hydrogens is 304 g/mol. The number of carboxylic acid groups (broad SMARTS) is 1. The van der Waals surface area contributed by atoms with E-state index in [1.54, 1.807) is 13.2 Å². The van der Waals surface area contributed by atoms with E-state index in [9.17, 15) is 9.90 Å². The van der Waals surface area contributed by atoms with Crippen molar-refractivity contribution in [2.24, 2.45) is 0 Å². The molecule has 1 aliphatic rings. The van der Waals surface area contributed by atoms with Crippen molar-refractivity contribution in [3.05, 3.63) is 17.3 Å². The number of nitrogens with zero attached hydrogens (tertiary/aromatic N) is 2. The number of rotatable bonds is 6. The van der Waals surface area contributed by atoms with Crippen LogP contribution < -0.4 is 9.64 Å². The second kappa shape index (κ2) is 8.83. The molecule has 0 atom stereocenters. The van der Waals surface area contributed by atoms with Crippen molar-refractivity contribution < 1.29 is 14.6 Å². The van der Waals surface area contributed by atoms with E-state index < -0.39 is 5.97 Å². The molecule has 22 heavy (non-hydrogen) atoms. The van der Waals surface area contributed by atoms with Crippen LogP contribution in [-0.2, 0) is 6.42 Å². The normalized spacial score (nSPS) is 14.4. The molecule has 124 valence electrons. The van der Waals surface area contributed by atoms with Gasteiger partial charge in [-0.05, 0) is 32.1 Å². The fourth-order valence-electron chi connectivity index (χ4n) is 2.78. The van der Waals surface area contributed by atoms with Gasteiger partial charge in [-0.1, -0.05) is 13.3 Å². The van der Waals surface area contributed by atoms with Crippen LogP contribution in [0.1, 0.15) is 55.1 Å². The van der Waals surface area contributed by atoms with Gasteiger partial charge in [0, 0.05) is 24.7 Å². The fraction of sp³-hybridized carbons (Fsp3) is 0.625. The van der Waals surface area contributed by atoms with E-state index in [-0.39, 0.29) is 18.1 Å². The van der Waals surface area contributed by atoms with Crippen LogP contribution >= 0.6 is 12.4 Å². The Morgan fingerprint density at radius 3 is 2.59 bits per heavy atom. The molecule has 1 aromatic heterocycles. The number of halogens is 1. The molecule has 0 bridgehead atoms. The number of hydrogen-bond donors (Lipinski definition) is 1. The zero-order valence-electron chi connectivity index (χ0n) is 13.3. The van der Waals surface area contributed by atoms with Crippen molar-refractivity contribution in [3.63, 3.8) is 0 Å². The highest BCUT2D eigenvalue weighted by molar-refractivity contribution is 5.87. The van der Waals surface area contributed by atoms with Crippen LogP contribution in [0.2, 0.25) is 0 Å². The maximum absolute atomic E-state index is 11.3. The van der Waals surface area contributed by atoms with Crippen LogP contribution in [-0.4, -0.2) is 36.3 Å². The van der Waals surface area contributed by atoms with E-state index in [0.29, 0.717) is 5.75 Å². The molecule has 0 unspecified atom stereocenters. The Morgan fingerprint density at radius 1 is 1.36 bits per heavy atom. The first kappa shape index (κ1) is 18.6. The summed E-state index contributed by atoms with van der Waals surface area (Å²) in [6, 6.07) is 1.54. The first-order valence-electron chi connectivity index (χ1n) is 7.73. The largest absolute Gasteiger partial charge is 0.496 e. The van der Waals surface area contributed by atoms with Gasteiger partial charge in [-0.25, -0.2) is 9.78 Å². The van der Waals surface area contributed by atoms with Gasteiger partial charge in [-0.3, -0.25) is 0 Å². The predicted molar refractivity (Wildman–Crippen MR) is 89.7 cm³/mol. The van der Waals surface area contributed by atoms with Crippen LogP contribution in [0.4, 0.5) is 5.82 Å². The van der Waals surface area contributed by atoms with Gasteiger partial charge in [-0.2, -0.15) is 0 Å². The summed E-state index contributed by atoms with van der Waals surface area (Å²) in [7, 11) is 1.59. The summed E-state index contributed by atoms with van der Waals surface area (Å²) >= 11 is 0. The molecule has 0 aromatic carbocycles. The lowest BCUT2D eigenvalue weighted by Gasteiger charge is -2.30. The highest BCUT2D eigenvalue weighted by Crippen LogP contribution is 2.32. The van der Waals surface area contributed by atoms with E-state index in [1.165, 1.54) is 6.42 Å². The van der Waals surface area contributed by atoms with Crippen LogP contribution in [0.15, 0.2) is 6.07 Å². The molecular formula is C16H25ClN2O3. The number of ether oxygens (including phenoxy) is 1.